The van der Waals surface area contributed by atoms with Crippen LogP contribution < -0.4 is 10.4 Å². The van der Waals surface area contributed by atoms with Gasteiger partial charge in [0, 0.05) is 12.3 Å². The lowest BCUT2D eigenvalue weighted by Crippen LogP contribution is -2.76. The number of alkyl halides is 11. The molecule has 3 nitrogen and oxygen atoms in total. The van der Waals surface area contributed by atoms with Crippen LogP contribution in [-0.4, -0.2) is 64.6 Å². The molecule has 0 saturated carbocycles. The van der Waals surface area contributed by atoms with Crippen LogP contribution in [0.4, 0.5) is 48.3 Å². The van der Waals surface area contributed by atoms with Gasteiger partial charge in [-0.15, -0.1) is 0 Å². The Kier molecular flexibility index (Phi) is 14.3. The molecule has 3 atom stereocenters. The van der Waals surface area contributed by atoms with Crippen molar-refractivity contribution in [3.8, 4) is 0 Å². The molecular formula is C37H49F11O3Si2. The maximum Gasteiger partial charge on any atom is 0.460 e. The van der Waals surface area contributed by atoms with Gasteiger partial charge in [0.15, 0.2) is 0 Å². The van der Waals surface area contributed by atoms with Crippen LogP contribution in [0.15, 0.2) is 72.3 Å². The minimum absolute atomic E-state index is 0.115. The van der Waals surface area contributed by atoms with Crippen molar-refractivity contribution in [2.75, 3.05) is 0 Å². The number of allylic oxidation sites excluding steroid dienone is 1. The van der Waals surface area contributed by atoms with Crippen molar-refractivity contribution >= 4 is 33.3 Å². The lowest BCUT2D eigenvalue weighted by Gasteiger charge is -2.51. The first-order chi connectivity index (χ1) is 24.0. The number of hydrogen-bond acceptors (Lipinski definition) is 3. The van der Waals surface area contributed by atoms with Gasteiger partial charge in [-0.1, -0.05) is 122 Å². The van der Waals surface area contributed by atoms with E-state index in [1.54, 1.807) is 36.4 Å². The molecule has 2 rings (SSSR count). The van der Waals surface area contributed by atoms with Crippen molar-refractivity contribution in [1.29, 1.82) is 0 Å². The molecule has 0 aliphatic rings. The van der Waals surface area contributed by atoms with E-state index >= 15 is 17.6 Å². The van der Waals surface area contributed by atoms with Gasteiger partial charge in [0.05, 0.1) is 12.2 Å². The van der Waals surface area contributed by atoms with Crippen LogP contribution in [0.5, 0.6) is 0 Å². The second kappa shape index (κ2) is 16.3. The Morgan fingerprint density at radius 3 is 1.42 bits per heavy atom. The second-order valence-electron chi connectivity index (χ2n) is 15.1. The van der Waals surface area contributed by atoms with E-state index in [-0.39, 0.29) is 12.0 Å². The van der Waals surface area contributed by atoms with Gasteiger partial charge in [0.1, 0.15) is 6.29 Å². The maximum atomic E-state index is 16.6. The molecule has 0 fully saturated rings. The Labute approximate surface area is 306 Å². The summed E-state index contributed by atoms with van der Waals surface area (Å²) in [6.45, 7) is 13.8. The zero-order chi connectivity index (χ0) is 41.2. The topological polar surface area (TPSA) is 35.5 Å². The third-order valence-corrected chi connectivity index (χ3v) is 20.5. The predicted octanol–water partition coefficient (Wildman–Crippen LogP) is 10.9. The summed E-state index contributed by atoms with van der Waals surface area (Å²) in [7, 11) is -9.51. The standard InChI is InChI=1S/C37H49F11O3Si2/c1-11-26(6)31(51-52(24(2)3,25(4)5)37(47,48)35(42,43)33(38,39)34(40,41)36(44,45)46)27(7)30(22-23-49)50-53(32(8,9)10,28-18-14-12-15-19-28)29-20-16-13-17-21-29/h11-21,23-25,27,30-31H,22H2,1-10H3/b26-11+. The van der Waals surface area contributed by atoms with E-state index in [0.29, 0.717) is 6.29 Å². The van der Waals surface area contributed by atoms with Crippen LogP contribution in [-0.2, 0) is 13.6 Å². The molecular weight excluding hydrogens is 758 g/mol. The molecule has 0 saturated heterocycles. The van der Waals surface area contributed by atoms with Crippen molar-refractivity contribution in [3.05, 3.63) is 72.3 Å². The van der Waals surface area contributed by atoms with E-state index in [0.717, 1.165) is 38.1 Å². The molecule has 0 spiro atoms. The summed E-state index contributed by atoms with van der Waals surface area (Å²) in [6, 6.07) is 18.1. The zero-order valence-electron chi connectivity index (χ0n) is 31.4. The van der Waals surface area contributed by atoms with Gasteiger partial charge in [0.2, 0.25) is 0 Å². The van der Waals surface area contributed by atoms with Gasteiger partial charge in [-0.2, -0.15) is 39.5 Å². The first-order valence-electron chi connectivity index (χ1n) is 17.1. The quantitative estimate of drug-likeness (QED) is 0.0691. The number of benzene rings is 2. The number of halogens is 11. The average molecular weight is 807 g/mol. The van der Waals surface area contributed by atoms with E-state index in [4.69, 9.17) is 8.85 Å². The first-order valence-corrected chi connectivity index (χ1v) is 21.1. The van der Waals surface area contributed by atoms with Gasteiger partial charge in [-0.05, 0) is 45.9 Å². The lowest BCUT2D eigenvalue weighted by molar-refractivity contribution is -0.415. The monoisotopic (exact) mass is 806 g/mol. The van der Waals surface area contributed by atoms with Crippen LogP contribution in [0.2, 0.25) is 16.1 Å². The third-order valence-electron chi connectivity index (χ3n) is 10.1. The Morgan fingerprint density at radius 1 is 0.679 bits per heavy atom. The third kappa shape index (κ3) is 7.93. The Balaban J connectivity index is 2.96. The zero-order valence-corrected chi connectivity index (χ0v) is 33.4. The SMILES string of the molecule is C/C=C(\C)C(O[Si](C(C)C)(C(C)C)C(F)(F)C(F)(F)C(F)(F)C(F)(F)C(F)(F)F)C(C)C(CC=O)O[Si](c1ccccc1)(c1ccccc1)C(C)(C)C. The van der Waals surface area contributed by atoms with Crippen LogP contribution >= 0.6 is 0 Å². The second-order valence-corrected chi connectivity index (χ2v) is 24.1. The normalized spacial score (nSPS) is 16.5. The first kappa shape index (κ1) is 46.6. The maximum absolute atomic E-state index is 16.6. The van der Waals surface area contributed by atoms with E-state index in [1.807, 2.05) is 45.0 Å². The highest BCUT2D eigenvalue weighted by Gasteiger charge is 2.91. The van der Waals surface area contributed by atoms with Crippen molar-refractivity contribution in [1.82, 2.24) is 0 Å². The highest BCUT2D eigenvalue weighted by Crippen LogP contribution is 2.62. The van der Waals surface area contributed by atoms with Gasteiger partial charge < -0.3 is 13.6 Å². The molecule has 0 aliphatic carbocycles. The van der Waals surface area contributed by atoms with Crippen molar-refractivity contribution in [2.24, 2.45) is 5.92 Å². The van der Waals surface area contributed by atoms with Crippen LogP contribution in [0.1, 0.15) is 75.7 Å². The van der Waals surface area contributed by atoms with Crippen LogP contribution in [0.25, 0.3) is 0 Å². The molecule has 0 aromatic heterocycles. The van der Waals surface area contributed by atoms with Gasteiger partial charge >= 0.3 is 29.5 Å². The predicted molar refractivity (Wildman–Crippen MR) is 188 cm³/mol. The Morgan fingerprint density at radius 2 is 1.09 bits per heavy atom. The van der Waals surface area contributed by atoms with E-state index in [9.17, 15) is 35.5 Å². The molecule has 0 N–H and O–H groups in total. The summed E-state index contributed by atoms with van der Waals surface area (Å²) in [5.41, 5.74) is -9.60. The summed E-state index contributed by atoms with van der Waals surface area (Å²) < 4.78 is 174. The highest BCUT2D eigenvalue weighted by atomic mass is 28.4. The fourth-order valence-corrected chi connectivity index (χ4v) is 16.8. The number of carbonyl (C=O) groups excluding carboxylic acids is 1. The molecule has 2 aromatic carbocycles. The fourth-order valence-electron chi connectivity index (χ4n) is 7.12. The van der Waals surface area contributed by atoms with Gasteiger partial charge in [-0.3, -0.25) is 0 Å². The number of hydrogen-bond donors (Lipinski definition) is 0. The number of carbonyl (C=O) groups is 1. The highest BCUT2D eigenvalue weighted by molar-refractivity contribution is 6.99. The van der Waals surface area contributed by atoms with Gasteiger partial charge in [0.25, 0.3) is 16.6 Å². The molecule has 3 unspecified atom stereocenters. The molecule has 53 heavy (non-hydrogen) atoms. The minimum Gasteiger partial charge on any atom is -0.404 e. The lowest BCUT2D eigenvalue weighted by atomic mass is 9.91. The van der Waals surface area contributed by atoms with Gasteiger partial charge in [-0.25, -0.2) is 8.78 Å². The molecule has 0 radical (unpaired) electrons. The summed E-state index contributed by atoms with van der Waals surface area (Å²) in [4.78, 5) is 12.3. The molecule has 16 heteroatoms. The summed E-state index contributed by atoms with van der Waals surface area (Å²) >= 11 is 0. The summed E-state index contributed by atoms with van der Waals surface area (Å²) in [6.07, 6.45) is -8.66. The van der Waals surface area contributed by atoms with Crippen LogP contribution in [0.3, 0.4) is 0 Å². The van der Waals surface area contributed by atoms with E-state index in [1.165, 1.54) is 26.8 Å². The average Bonchev–Trinajstić information content (AvgIpc) is 3.05. The Bertz CT molecular complexity index is 1480. The summed E-state index contributed by atoms with van der Waals surface area (Å²) in [5, 5.41) is 0.838. The van der Waals surface area contributed by atoms with Crippen LogP contribution in [0, 0.1) is 5.92 Å². The molecule has 0 heterocycles. The smallest absolute Gasteiger partial charge is 0.404 e. The fraction of sp³-hybridized carbons (Fsp3) is 0.595. The number of rotatable bonds is 17. The summed E-state index contributed by atoms with van der Waals surface area (Å²) in [5.74, 6) is -23.5. The molecule has 0 bridgehead atoms. The van der Waals surface area contributed by atoms with Crippen molar-refractivity contribution in [2.45, 2.75) is 133 Å². The Hall–Kier alpha value is -2.57. The molecule has 0 amide bonds. The minimum atomic E-state index is -7.59. The molecule has 300 valence electrons. The molecule has 2 aromatic rings. The molecule has 0 aliphatic heterocycles. The van der Waals surface area contributed by atoms with E-state index in [2.05, 4.69) is 0 Å². The van der Waals surface area contributed by atoms with Crippen molar-refractivity contribution < 1.29 is 61.9 Å². The van der Waals surface area contributed by atoms with E-state index < -0.39 is 80.4 Å². The number of aldehydes is 1. The largest absolute Gasteiger partial charge is 0.460 e. The van der Waals surface area contributed by atoms with Crippen molar-refractivity contribution in [3.63, 3.8) is 0 Å².